The van der Waals surface area contributed by atoms with Crippen molar-refractivity contribution >= 4 is 29.3 Å². The van der Waals surface area contributed by atoms with Crippen LogP contribution in [0.5, 0.6) is 0 Å². The van der Waals surface area contributed by atoms with Crippen molar-refractivity contribution in [1.29, 1.82) is 0 Å². The number of hydrogen-bond acceptors (Lipinski definition) is 3. The van der Waals surface area contributed by atoms with E-state index in [1.54, 1.807) is 23.9 Å². The van der Waals surface area contributed by atoms with Crippen LogP contribution in [0.25, 0.3) is 0 Å². The third-order valence-electron chi connectivity index (χ3n) is 4.29. The summed E-state index contributed by atoms with van der Waals surface area (Å²) < 4.78 is 0. The van der Waals surface area contributed by atoms with Gasteiger partial charge in [0, 0.05) is 16.1 Å². The van der Waals surface area contributed by atoms with E-state index in [0.29, 0.717) is 5.56 Å². The second-order valence-corrected chi connectivity index (χ2v) is 7.17. The lowest BCUT2D eigenvalue weighted by Gasteiger charge is -2.19. The Bertz CT molecular complexity index is 930. The van der Waals surface area contributed by atoms with Crippen LogP contribution in [0.4, 0.5) is 5.69 Å². The maximum atomic E-state index is 12.6. The Hall–Kier alpha value is -3.05. The molecule has 4 nitrogen and oxygen atoms in total. The fraction of sp³-hybridized carbons (Fsp3) is 0.130. The summed E-state index contributed by atoms with van der Waals surface area (Å²) in [6.45, 7) is 0. The number of anilines is 1. The highest BCUT2D eigenvalue weighted by Gasteiger charge is 2.19. The van der Waals surface area contributed by atoms with Crippen molar-refractivity contribution in [2.45, 2.75) is 17.4 Å². The third kappa shape index (κ3) is 5.47. The highest BCUT2D eigenvalue weighted by molar-refractivity contribution is 7.98. The lowest BCUT2D eigenvalue weighted by atomic mass is 10.0. The predicted molar refractivity (Wildman–Crippen MR) is 115 cm³/mol. The monoisotopic (exact) mass is 390 g/mol. The van der Waals surface area contributed by atoms with Gasteiger partial charge in [-0.25, -0.2) is 0 Å². The van der Waals surface area contributed by atoms with Crippen LogP contribution < -0.4 is 10.6 Å². The predicted octanol–water partition coefficient (Wildman–Crippen LogP) is 4.91. The van der Waals surface area contributed by atoms with Crippen LogP contribution in [0.3, 0.4) is 0 Å². The summed E-state index contributed by atoms with van der Waals surface area (Å²) in [5, 5.41) is 5.91. The topological polar surface area (TPSA) is 58.2 Å². The molecule has 0 saturated heterocycles. The SMILES string of the molecule is CSc1cccc(NC(=O)CC(NC(=O)c2ccccc2)c2ccccc2)c1. The third-order valence-corrected chi connectivity index (χ3v) is 5.01. The van der Waals surface area contributed by atoms with E-state index in [1.807, 2.05) is 79.1 Å². The molecule has 2 N–H and O–H groups in total. The molecule has 0 aliphatic rings. The van der Waals surface area contributed by atoms with Gasteiger partial charge in [-0.3, -0.25) is 9.59 Å². The number of carbonyl (C=O) groups is 2. The lowest BCUT2D eigenvalue weighted by molar-refractivity contribution is -0.116. The van der Waals surface area contributed by atoms with Gasteiger partial charge in [-0.15, -0.1) is 11.8 Å². The summed E-state index contributed by atoms with van der Waals surface area (Å²) in [7, 11) is 0. The van der Waals surface area contributed by atoms with Gasteiger partial charge in [-0.2, -0.15) is 0 Å². The number of nitrogens with one attached hydrogen (secondary N) is 2. The first kappa shape index (κ1) is 19.7. The lowest BCUT2D eigenvalue weighted by Crippen LogP contribution is -2.31. The minimum absolute atomic E-state index is 0.145. The van der Waals surface area contributed by atoms with Crippen LogP contribution in [-0.4, -0.2) is 18.1 Å². The van der Waals surface area contributed by atoms with Crippen molar-refractivity contribution in [2.75, 3.05) is 11.6 Å². The zero-order valence-corrected chi connectivity index (χ0v) is 16.4. The Kier molecular flexibility index (Phi) is 6.87. The van der Waals surface area contributed by atoms with E-state index < -0.39 is 6.04 Å². The Morgan fingerprint density at radius 1 is 0.893 bits per heavy atom. The molecule has 0 spiro atoms. The van der Waals surface area contributed by atoms with Gasteiger partial charge in [0.05, 0.1) is 12.5 Å². The standard InChI is InChI=1S/C23H22N2O2S/c1-28-20-14-8-13-19(15-20)24-22(26)16-21(17-9-4-2-5-10-17)25-23(27)18-11-6-3-7-12-18/h2-15,21H,16H2,1H3,(H,24,26)(H,25,27). The smallest absolute Gasteiger partial charge is 0.251 e. The zero-order valence-electron chi connectivity index (χ0n) is 15.6. The number of thioether (sulfide) groups is 1. The van der Waals surface area contributed by atoms with Crippen molar-refractivity contribution in [1.82, 2.24) is 5.32 Å². The molecule has 0 aromatic heterocycles. The average Bonchev–Trinajstić information content (AvgIpc) is 2.74. The van der Waals surface area contributed by atoms with E-state index in [1.165, 1.54) is 0 Å². The molecule has 2 amide bonds. The largest absolute Gasteiger partial charge is 0.345 e. The van der Waals surface area contributed by atoms with Crippen molar-refractivity contribution in [3.63, 3.8) is 0 Å². The molecule has 0 aliphatic heterocycles. The van der Waals surface area contributed by atoms with Gasteiger partial charge in [0.1, 0.15) is 0 Å². The van der Waals surface area contributed by atoms with Crippen molar-refractivity contribution in [3.05, 3.63) is 96.1 Å². The summed E-state index contributed by atoms with van der Waals surface area (Å²) in [4.78, 5) is 26.3. The van der Waals surface area contributed by atoms with E-state index in [9.17, 15) is 9.59 Å². The number of hydrogen-bond donors (Lipinski definition) is 2. The quantitative estimate of drug-likeness (QED) is 0.564. The average molecular weight is 391 g/mol. The number of benzene rings is 3. The second kappa shape index (κ2) is 9.76. The summed E-state index contributed by atoms with van der Waals surface area (Å²) >= 11 is 1.62. The summed E-state index contributed by atoms with van der Waals surface area (Å²) in [6.07, 6.45) is 2.14. The Balaban J connectivity index is 1.73. The van der Waals surface area contributed by atoms with Gasteiger partial charge >= 0.3 is 0 Å². The van der Waals surface area contributed by atoms with Gasteiger partial charge in [0.25, 0.3) is 5.91 Å². The van der Waals surface area contributed by atoms with Crippen LogP contribution in [0.15, 0.2) is 89.8 Å². The molecule has 142 valence electrons. The molecule has 1 unspecified atom stereocenters. The first-order valence-electron chi connectivity index (χ1n) is 9.00. The highest BCUT2D eigenvalue weighted by atomic mass is 32.2. The zero-order chi connectivity index (χ0) is 19.8. The second-order valence-electron chi connectivity index (χ2n) is 6.29. The van der Waals surface area contributed by atoms with Gasteiger partial charge in [0.15, 0.2) is 0 Å². The molecule has 3 rings (SSSR count). The van der Waals surface area contributed by atoms with Gasteiger partial charge < -0.3 is 10.6 Å². The van der Waals surface area contributed by atoms with E-state index in [-0.39, 0.29) is 18.2 Å². The van der Waals surface area contributed by atoms with Crippen LogP contribution in [-0.2, 0) is 4.79 Å². The molecular formula is C23H22N2O2S. The summed E-state index contributed by atoms with van der Waals surface area (Å²) in [6, 6.07) is 25.8. The summed E-state index contributed by atoms with van der Waals surface area (Å²) in [5.74, 6) is -0.355. The maximum absolute atomic E-state index is 12.6. The minimum atomic E-state index is -0.419. The molecule has 0 fully saturated rings. The van der Waals surface area contributed by atoms with Crippen molar-refractivity contribution < 1.29 is 9.59 Å². The number of rotatable bonds is 7. The molecule has 1 atom stereocenters. The first-order valence-corrected chi connectivity index (χ1v) is 10.2. The molecule has 3 aromatic carbocycles. The van der Waals surface area contributed by atoms with Crippen LogP contribution in [0.1, 0.15) is 28.4 Å². The van der Waals surface area contributed by atoms with Crippen LogP contribution >= 0.6 is 11.8 Å². The minimum Gasteiger partial charge on any atom is -0.345 e. The molecular weight excluding hydrogens is 368 g/mol. The molecule has 28 heavy (non-hydrogen) atoms. The number of amides is 2. The Morgan fingerprint density at radius 3 is 2.25 bits per heavy atom. The van der Waals surface area contributed by atoms with Gasteiger partial charge in [-0.1, -0.05) is 54.6 Å². The first-order chi connectivity index (χ1) is 13.7. The fourth-order valence-electron chi connectivity index (χ4n) is 2.87. The fourth-order valence-corrected chi connectivity index (χ4v) is 3.33. The Labute approximate surface area is 169 Å². The molecule has 0 heterocycles. The van der Waals surface area contributed by atoms with Crippen molar-refractivity contribution in [3.8, 4) is 0 Å². The Morgan fingerprint density at radius 2 is 1.57 bits per heavy atom. The van der Waals surface area contributed by atoms with Gasteiger partial charge in [0.2, 0.25) is 5.91 Å². The van der Waals surface area contributed by atoms with Gasteiger partial charge in [-0.05, 0) is 42.2 Å². The molecule has 0 saturated carbocycles. The van der Waals surface area contributed by atoms with Crippen LogP contribution in [0, 0.1) is 0 Å². The number of carbonyl (C=O) groups excluding carboxylic acids is 2. The molecule has 0 bridgehead atoms. The molecule has 3 aromatic rings. The highest BCUT2D eigenvalue weighted by Crippen LogP contribution is 2.21. The molecule has 0 radical (unpaired) electrons. The van der Waals surface area contributed by atoms with E-state index >= 15 is 0 Å². The molecule has 0 aliphatic carbocycles. The maximum Gasteiger partial charge on any atom is 0.251 e. The van der Waals surface area contributed by atoms with Crippen LogP contribution in [0.2, 0.25) is 0 Å². The van der Waals surface area contributed by atoms with Crippen molar-refractivity contribution in [2.24, 2.45) is 0 Å². The van der Waals surface area contributed by atoms with E-state index in [2.05, 4.69) is 10.6 Å². The normalized spacial score (nSPS) is 11.5. The summed E-state index contributed by atoms with van der Waals surface area (Å²) in [5.41, 5.74) is 2.20. The van der Waals surface area contributed by atoms with E-state index in [0.717, 1.165) is 16.1 Å². The van der Waals surface area contributed by atoms with E-state index in [4.69, 9.17) is 0 Å². The molecule has 5 heteroatoms.